The van der Waals surface area contributed by atoms with E-state index in [0.717, 1.165) is 31.7 Å². The molecule has 0 aliphatic heterocycles. The Balaban J connectivity index is 2.79. The van der Waals surface area contributed by atoms with Crippen LogP contribution in [0.2, 0.25) is 0 Å². The molecule has 0 aliphatic carbocycles. The van der Waals surface area contributed by atoms with Gasteiger partial charge in [0.05, 0.1) is 0 Å². The highest BCUT2D eigenvalue weighted by molar-refractivity contribution is 5.37. The minimum atomic E-state index is 0.270. The smallest absolute Gasteiger partial charge is 0.122 e. The molecule has 2 nitrogen and oxygen atoms in total. The second-order valence-corrected chi connectivity index (χ2v) is 5.52. The van der Waals surface area contributed by atoms with Crippen molar-refractivity contribution in [1.29, 1.82) is 0 Å². The van der Waals surface area contributed by atoms with Gasteiger partial charge in [0.1, 0.15) is 11.9 Å². The molecule has 0 fully saturated rings. The molecule has 0 spiro atoms. The summed E-state index contributed by atoms with van der Waals surface area (Å²) in [5.41, 5.74) is 2.57. The number of nitrogens with one attached hydrogen (secondary N) is 1. The molecule has 0 saturated heterocycles. The predicted molar refractivity (Wildman–Crippen MR) is 83.1 cm³/mol. The predicted octanol–water partition coefficient (Wildman–Crippen LogP) is 4.28. The van der Waals surface area contributed by atoms with E-state index in [1.807, 2.05) is 0 Å². The van der Waals surface area contributed by atoms with Crippen molar-refractivity contribution in [1.82, 2.24) is 5.32 Å². The third-order valence-electron chi connectivity index (χ3n) is 3.41. The number of rotatable bonds is 8. The van der Waals surface area contributed by atoms with Gasteiger partial charge in [-0.3, -0.25) is 0 Å². The van der Waals surface area contributed by atoms with Gasteiger partial charge in [0.25, 0.3) is 0 Å². The normalized spacial score (nSPS) is 12.7. The van der Waals surface area contributed by atoms with Crippen molar-refractivity contribution in [3.63, 3.8) is 0 Å². The van der Waals surface area contributed by atoms with Crippen molar-refractivity contribution in [3.05, 3.63) is 29.3 Å². The first kappa shape index (κ1) is 16.0. The van der Waals surface area contributed by atoms with Crippen molar-refractivity contribution in [2.24, 2.45) is 0 Å². The maximum atomic E-state index is 6.22. The van der Waals surface area contributed by atoms with Crippen LogP contribution in [0.5, 0.6) is 5.75 Å². The number of likely N-dealkylation sites (N-methyl/N-ethyl adjacent to an activating group) is 1. The molecule has 1 aromatic carbocycles. The SMILES string of the molecule is CCCC(CNCC)Oc1cc(C(C)C)ccc1C. The van der Waals surface area contributed by atoms with Crippen LogP contribution in [0.1, 0.15) is 57.6 Å². The monoisotopic (exact) mass is 263 g/mol. The number of hydrogen-bond acceptors (Lipinski definition) is 2. The van der Waals surface area contributed by atoms with Crippen LogP contribution in [0.4, 0.5) is 0 Å². The number of benzene rings is 1. The summed E-state index contributed by atoms with van der Waals surface area (Å²) in [5.74, 6) is 1.59. The molecule has 1 N–H and O–H groups in total. The van der Waals surface area contributed by atoms with Gasteiger partial charge in [-0.05, 0) is 43.0 Å². The average molecular weight is 263 g/mol. The summed E-state index contributed by atoms with van der Waals surface area (Å²) in [5, 5.41) is 3.39. The zero-order valence-corrected chi connectivity index (χ0v) is 13.1. The second-order valence-electron chi connectivity index (χ2n) is 5.52. The van der Waals surface area contributed by atoms with Crippen LogP contribution >= 0.6 is 0 Å². The minimum absolute atomic E-state index is 0.270. The Kier molecular flexibility index (Phi) is 6.93. The maximum absolute atomic E-state index is 6.22. The first-order chi connectivity index (χ1) is 9.08. The molecule has 0 aliphatic rings. The largest absolute Gasteiger partial charge is 0.489 e. The van der Waals surface area contributed by atoms with Crippen molar-refractivity contribution < 1.29 is 4.74 Å². The first-order valence-corrected chi connectivity index (χ1v) is 7.56. The standard InChI is InChI=1S/C17H29NO/c1-6-8-16(12-18-7-2)19-17-11-15(13(3)4)10-9-14(17)5/h9-11,13,16,18H,6-8,12H2,1-5H3. The summed E-state index contributed by atoms with van der Waals surface area (Å²) in [6.07, 6.45) is 2.52. The van der Waals surface area contributed by atoms with Crippen LogP contribution in [0.15, 0.2) is 18.2 Å². The second kappa shape index (κ2) is 8.21. The Hall–Kier alpha value is -1.02. The Morgan fingerprint density at radius 3 is 2.53 bits per heavy atom. The van der Waals surface area contributed by atoms with Gasteiger partial charge in [-0.25, -0.2) is 0 Å². The Bertz CT molecular complexity index is 374. The fraction of sp³-hybridized carbons (Fsp3) is 0.647. The van der Waals surface area contributed by atoms with Crippen molar-refractivity contribution in [2.45, 2.75) is 59.5 Å². The van der Waals surface area contributed by atoms with E-state index in [-0.39, 0.29) is 6.10 Å². The molecule has 0 bridgehead atoms. The van der Waals surface area contributed by atoms with E-state index in [0.29, 0.717) is 5.92 Å². The van der Waals surface area contributed by atoms with Gasteiger partial charge >= 0.3 is 0 Å². The Morgan fingerprint density at radius 2 is 1.95 bits per heavy atom. The van der Waals surface area contributed by atoms with E-state index in [1.54, 1.807) is 0 Å². The van der Waals surface area contributed by atoms with Gasteiger partial charge in [0, 0.05) is 6.54 Å². The van der Waals surface area contributed by atoms with Gasteiger partial charge in [-0.2, -0.15) is 0 Å². The van der Waals surface area contributed by atoms with E-state index in [1.165, 1.54) is 11.1 Å². The van der Waals surface area contributed by atoms with E-state index >= 15 is 0 Å². The Morgan fingerprint density at radius 1 is 1.21 bits per heavy atom. The first-order valence-electron chi connectivity index (χ1n) is 7.56. The molecule has 0 saturated carbocycles. The number of hydrogen-bond donors (Lipinski definition) is 1. The maximum Gasteiger partial charge on any atom is 0.122 e. The van der Waals surface area contributed by atoms with Gasteiger partial charge < -0.3 is 10.1 Å². The quantitative estimate of drug-likeness (QED) is 0.756. The lowest BCUT2D eigenvalue weighted by atomic mass is 10.0. The summed E-state index contributed by atoms with van der Waals surface area (Å²) >= 11 is 0. The molecule has 0 amide bonds. The zero-order valence-electron chi connectivity index (χ0n) is 13.1. The zero-order chi connectivity index (χ0) is 14.3. The molecule has 1 rings (SSSR count). The van der Waals surface area contributed by atoms with Crippen molar-refractivity contribution in [2.75, 3.05) is 13.1 Å². The third-order valence-corrected chi connectivity index (χ3v) is 3.41. The van der Waals surface area contributed by atoms with Crippen molar-refractivity contribution >= 4 is 0 Å². The summed E-state index contributed by atoms with van der Waals surface area (Å²) in [4.78, 5) is 0. The van der Waals surface area contributed by atoms with Crippen LogP contribution in [-0.2, 0) is 0 Å². The summed E-state index contributed by atoms with van der Waals surface area (Å²) in [7, 11) is 0. The fourth-order valence-electron chi connectivity index (χ4n) is 2.11. The lowest BCUT2D eigenvalue weighted by Crippen LogP contribution is -2.31. The van der Waals surface area contributed by atoms with E-state index in [4.69, 9.17) is 4.74 Å². The molecule has 0 radical (unpaired) electrons. The van der Waals surface area contributed by atoms with Gasteiger partial charge in [0.2, 0.25) is 0 Å². The molecule has 2 heteroatoms. The molecule has 1 aromatic rings. The number of ether oxygens (including phenoxy) is 1. The van der Waals surface area contributed by atoms with E-state index < -0.39 is 0 Å². The molecular formula is C17H29NO. The van der Waals surface area contributed by atoms with Crippen LogP contribution in [0.25, 0.3) is 0 Å². The molecular weight excluding hydrogens is 234 g/mol. The van der Waals surface area contributed by atoms with Crippen molar-refractivity contribution in [3.8, 4) is 5.75 Å². The number of aryl methyl sites for hydroxylation is 1. The molecule has 108 valence electrons. The molecule has 1 unspecified atom stereocenters. The molecule has 0 heterocycles. The van der Waals surface area contributed by atoms with E-state index in [2.05, 4.69) is 58.1 Å². The summed E-state index contributed by atoms with van der Waals surface area (Å²) < 4.78 is 6.22. The van der Waals surface area contributed by atoms with Gasteiger partial charge in [-0.1, -0.05) is 46.2 Å². The highest BCUT2D eigenvalue weighted by Crippen LogP contribution is 2.25. The molecule has 1 atom stereocenters. The van der Waals surface area contributed by atoms with Crippen LogP contribution in [0, 0.1) is 6.92 Å². The fourth-order valence-corrected chi connectivity index (χ4v) is 2.11. The van der Waals surface area contributed by atoms with Crippen LogP contribution in [-0.4, -0.2) is 19.2 Å². The van der Waals surface area contributed by atoms with Crippen LogP contribution in [0.3, 0.4) is 0 Å². The Labute approximate surface area is 118 Å². The van der Waals surface area contributed by atoms with Gasteiger partial charge in [-0.15, -0.1) is 0 Å². The molecule has 0 aromatic heterocycles. The van der Waals surface area contributed by atoms with E-state index in [9.17, 15) is 0 Å². The van der Waals surface area contributed by atoms with Gasteiger partial charge in [0.15, 0.2) is 0 Å². The average Bonchev–Trinajstić information content (AvgIpc) is 2.38. The third kappa shape index (κ3) is 5.23. The summed E-state index contributed by atoms with van der Waals surface area (Å²) in [6.45, 7) is 12.8. The minimum Gasteiger partial charge on any atom is -0.489 e. The highest BCUT2D eigenvalue weighted by Gasteiger charge is 2.12. The van der Waals surface area contributed by atoms with Crippen LogP contribution < -0.4 is 10.1 Å². The summed E-state index contributed by atoms with van der Waals surface area (Å²) in [6, 6.07) is 6.57. The highest BCUT2D eigenvalue weighted by atomic mass is 16.5. The lowest BCUT2D eigenvalue weighted by Gasteiger charge is -2.21. The lowest BCUT2D eigenvalue weighted by molar-refractivity contribution is 0.186. The topological polar surface area (TPSA) is 21.3 Å². The molecule has 19 heavy (non-hydrogen) atoms.